The lowest BCUT2D eigenvalue weighted by Gasteiger charge is -2.34. The molecule has 0 unspecified atom stereocenters. The quantitative estimate of drug-likeness (QED) is 0.122. The molecule has 0 radical (unpaired) electrons. The molecule has 1 aliphatic rings. The van der Waals surface area contributed by atoms with E-state index >= 15 is 0 Å². The van der Waals surface area contributed by atoms with Crippen LogP contribution >= 0.6 is 0 Å². The van der Waals surface area contributed by atoms with Crippen LogP contribution in [-0.2, 0) is 5.41 Å². The standard InChI is InChI=1S/C25H20N2.C24H20N2O2/c26-19-13-9-17(10-14-19)25(18-11-15-20(27)16-12-18)23-7-3-1-5-21(23)22-6-2-4-8-24(22)25;25-19-5-13-23(14-6-19)27-21-9-1-17(2-10-21)18-3-11-22(12-4-18)28-24-15-7-20(26)8-16-24/h1-16H,26-27H2;1-16H,25-26H2. The van der Waals surface area contributed by atoms with E-state index in [-0.39, 0.29) is 5.41 Å². The molecule has 0 amide bonds. The highest BCUT2D eigenvalue weighted by Gasteiger charge is 2.45. The summed E-state index contributed by atoms with van der Waals surface area (Å²) in [6.45, 7) is 0. The minimum Gasteiger partial charge on any atom is -0.457 e. The summed E-state index contributed by atoms with van der Waals surface area (Å²) < 4.78 is 11.7. The summed E-state index contributed by atoms with van der Waals surface area (Å²) in [6, 6.07) is 64.5. The summed E-state index contributed by atoms with van der Waals surface area (Å²) in [4.78, 5) is 0. The Morgan fingerprint density at radius 2 is 0.564 bits per heavy atom. The van der Waals surface area contributed by atoms with Crippen LogP contribution in [0.25, 0.3) is 22.3 Å². The zero-order valence-electron chi connectivity index (χ0n) is 30.1. The fraction of sp³-hybridized carbons (Fsp3) is 0.0204. The van der Waals surface area contributed by atoms with Crippen LogP contribution in [0, 0.1) is 0 Å². The Hall–Kier alpha value is -7.44. The minimum atomic E-state index is -0.380. The average molecular weight is 717 g/mol. The topological polar surface area (TPSA) is 123 Å². The van der Waals surface area contributed by atoms with Crippen molar-refractivity contribution in [3.63, 3.8) is 0 Å². The van der Waals surface area contributed by atoms with E-state index in [0.717, 1.165) is 45.5 Å². The van der Waals surface area contributed by atoms with Gasteiger partial charge in [0.2, 0.25) is 0 Å². The average Bonchev–Trinajstić information content (AvgIpc) is 3.52. The highest BCUT2D eigenvalue weighted by atomic mass is 16.5. The summed E-state index contributed by atoms with van der Waals surface area (Å²) >= 11 is 0. The molecule has 8 N–H and O–H groups in total. The van der Waals surface area contributed by atoms with Crippen molar-refractivity contribution in [3.05, 3.63) is 216 Å². The van der Waals surface area contributed by atoms with Crippen LogP contribution in [0.4, 0.5) is 22.7 Å². The number of anilines is 4. The molecule has 0 fully saturated rings. The second kappa shape index (κ2) is 14.9. The fourth-order valence-electron chi connectivity index (χ4n) is 7.26. The Bertz CT molecular complexity index is 2350. The number of rotatable bonds is 7. The lowest BCUT2D eigenvalue weighted by molar-refractivity contribution is 0.482. The predicted octanol–water partition coefficient (Wildman–Crippen LogP) is 11.3. The van der Waals surface area contributed by atoms with Gasteiger partial charge in [-0.1, -0.05) is 97.1 Å². The summed E-state index contributed by atoms with van der Waals surface area (Å²) in [5, 5.41) is 0. The van der Waals surface area contributed by atoms with Crippen LogP contribution in [0.5, 0.6) is 23.0 Å². The van der Waals surface area contributed by atoms with Gasteiger partial charge < -0.3 is 32.4 Å². The number of hydrogen-bond acceptors (Lipinski definition) is 6. The van der Waals surface area contributed by atoms with Gasteiger partial charge in [0.25, 0.3) is 0 Å². The number of benzene rings is 8. The third-order valence-electron chi connectivity index (χ3n) is 9.91. The van der Waals surface area contributed by atoms with E-state index in [1.165, 1.54) is 33.4 Å². The van der Waals surface area contributed by atoms with Crippen molar-refractivity contribution in [2.24, 2.45) is 0 Å². The molecule has 0 aromatic heterocycles. The van der Waals surface area contributed by atoms with Gasteiger partial charge in [0.1, 0.15) is 23.0 Å². The molecule has 0 atom stereocenters. The highest BCUT2D eigenvalue weighted by molar-refractivity contribution is 5.86. The minimum absolute atomic E-state index is 0.380. The summed E-state index contributed by atoms with van der Waals surface area (Å²) in [5.74, 6) is 3.06. The number of nitrogen functional groups attached to an aromatic ring is 4. The van der Waals surface area contributed by atoms with Crippen molar-refractivity contribution in [3.8, 4) is 45.3 Å². The Labute approximate surface area is 321 Å². The maximum Gasteiger partial charge on any atom is 0.127 e. The van der Waals surface area contributed by atoms with Crippen molar-refractivity contribution in [2.45, 2.75) is 5.41 Å². The van der Waals surface area contributed by atoms with Crippen LogP contribution in [0.1, 0.15) is 22.3 Å². The molecule has 55 heavy (non-hydrogen) atoms. The normalized spacial score (nSPS) is 12.1. The molecule has 6 nitrogen and oxygen atoms in total. The zero-order chi connectivity index (χ0) is 37.8. The van der Waals surface area contributed by atoms with Gasteiger partial charge in [0.15, 0.2) is 0 Å². The lowest BCUT2D eigenvalue weighted by atomic mass is 9.67. The molecule has 8 aromatic rings. The molecular weight excluding hydrogens is 677 g/mol. The van der Waals surface area contributed by atoms with Gasteiger partial charge >= 0.3 is 0 Å². The number of ether oxygens (including phenoxy) is 2. The molecule has 0 heterocycles. The van der Waals surface area contributed by atoms with E-state index < -0.39 is 0 Å². The Morgan fingerprint density at radius 3 is 0.891 bits per heavy atom. The molecule has 8 aromatic carbocycles. The van der Waals surface area contributed by atoms with E-state index in [9.17, 15) is 0 Å². The molecule has 1 aliphatic carbocycles. The first-order chi connectivity index (χ1) is 26.9. The van der Waals surface area contributed by atoms with E-state index in [4.69, 9.17) is 32.4 Å². The maximum atomic E-state index is 6.00. The predicted molar refractivity (Wildman–Crippen MR) is 226 cm³/mol. The first-order valence-corrected chi connectivity index (χ1v) is 18.1. The van der Waals surface area contributed by atoms with Crippen LogP contribution in [0.2, 0.25) is 0 Å². The van der Waals surface area contributed by atoms with Gasteiger partial charge in [-0.15, -0.1) is 0 Å². The van der Waals surface area contributed by atoms with E-state index in [1.807, 2.05) is 121 Å². The molecule has 0 saturated heterocycles. The zero-order valence-corrected chi connectivity index (χ0v) is 30.1. The van der Waals surface area contributed by atoms with E-state index in [1.54, 1.807) is 0 Å². The van der Waals surface area contributed by atoms with Gasteiger partial charge in [-0.25, -0.2) is 0 Å². The Morgan fingerprint density at radius 1 is 0.291 bits per heavy atom. The first kappa shape index (κ1) is 34.6. The molecule has 0 spiro atoms. The SMILES string of the molecule is Nc1ccc(C2(c3ccc(N)cc3)c3ccccc3-c3ccccc32)cc1.Nc1ccc(Oc2ccc(-c3ccc(Oc4ccc(N)cc4)cc3)cc2)cc1. The van der Waals surface area contributed by atoms with Crippen molar-refractivity contribution >= 4 is 22.7 Å². The molecule has 0 bridgehead atoms. The third kappa shape index (κ3) is 7.04. The first-order valence-electron chi connectivity index (χ1n) is 18.1. The molecular formula is C49H40N4O2. The summed E-state index contributed by atoms with van der Waals surface area (Å²) in [5.41, 5.74) is 35.7. The molecule has 268 valence electrons. The van der Waals surface area contributed by atoms with Crippen molar-refractivity contribution in [2.75, 3.05) is 22.9 Å². The second-order valence-electron chi connectivity index (χ2n) is 13.5. The second-order valence-corrected chi connectivity index (χ2v) is 13.5. The monoisotopic (exact) mass is 716 g/mol. The van der Waals surface area contributed by atoms with E-state index in [2.05, 4.69) is 72.8 Å². The van der Waals surface area contributed by atoms with Crippen molar-refractivity contribution in [1.82, 2.24) is 0 Å². The van der Waals surface area contributed by atoms with E-state index in [0.29, 0.717) is 11.4 Å². The number of hydrogen-bond donors (Lipinski definition) is 4. The van der Waals surface area contributed by atoms with Gasteiger partial charge in [0, 0.05) is 22.7 Å². The fourth-order valence-corrected chi connectivity index (χ4v) is 7.26. The smallest absolute Gasteiger partial charge is 0.127 e. The Balaban J connectivity index is 0.000000155. The van der Waals surface area contributed by atoms with Crippen LogP contribution in [0.3, 0.4) is 0 Å². The summed E-state index contributed by atoms with van der Waals surface area (Å²) in [6.07, 6.45) is 0. The van der Waals surface area contributed by atoms with Crippen molar-refractivity contribution < 1.29 is 9.47 Å². The summed E-state index contributed by atoms with van der Waals surface area (Å²) in [7, 11) is 0. The third-order valence-corrected chi connectivity index (χ3v) is 9.91. The number of nitrogens with two attached hydrogens (primary N) is 4. The maximum absolute atomic E-state index is 6.00. The largest absolute Gasteiger partial charge is 0.457 e. The van der Waals surface area contributed by atoms with Gasteiger partial charge in [-0.2, -0.15) is 0 Å². The van der Waals surface area contributed by atoms with Crippen LogP contribution < -0.4 is 32.4 Å². The lowest BCUT2D eigenvalue weighted by Crippen LogP contribution is -2.28. The van der Waals surface area contributed by atoms with Crippen LogP contribution in [-0.4, -0.2) is 0 Å². The highest BCUT2D eigenvalue weighted by Crippen LogP contribution is 2.56. The molecule has 0 saturated carbocycles. The molecule has 9 rings (SSSR count). The van der Waals surface area contributed by atoms with Gasteiger partial charge in [-0.3, -0.25) is 0 Å². The Kier molecular flexibility index (Phi) is 9.38. The number of fused-ring (bicyclic) bond motifs is 3. The van der Waals surface area contributed by atoms with Gasteiger partial charge in [-0.05, 0) is 142 Å². The van der Waals surface area contributed by atoms with Crippen molar-refractivity contribution in [1.29, 1.82) is 0 Å². The van der Waals surface area contributed by atoms with Crippen LogP contribution in [0.15, 0.2) is 194 Å². The van der Waals surface area contributed by atoms with Gasteiger partial charge in [0.05, 0.1) is 5.41 Å². The molecule has 0 aliphatic heterocycles. The molecule has 6 heteroatoms.